The zero-order valence-electron chi connectivity index (χ0n) is 11.1. The first-order valence-corrected chi connectivity index (χ1v) is 6.86. The highest BCUT2D eigenvalue weighted by molar-refractivity contribution is 4.92. The molecule has 2 rings (SSSR count). The molecule has 0 aliphatic carbocycles. The third-order valence-corrected chi connectivity index (χ3v) is 4.36. The standard InChI is InChI=1S/C13H27N3/c1-11(6-7-14-3)16-10-13-5-4-8-15(13)9-12(16)2/h11-14H,4-10H2,1-3H3. The minimum Gasteiger partial charge on any atom is -0.320 e. The van der Waals surface area contributed by atoms with Crippen LogP contribution in [0, 0.1) is 0 Å². The topological polar surface area (TPSA) is 18.5 Å². The molecule has 0 amide bonds. The Bertz CT molecular complexity index is 219. The van der Waals surface area contributed by atoms with Gasteiger partial charge in [-0.15, -0.1) is 0 Å². The molecule has 0 aromatic rings. The Morgan fingerprint density at radius 1 is 1.38 bits per heavy atom. The van der Waals surface area contributed by atoms with Crippen molar-refractivity contribution < 1.29 is 0 Å². The number of hydrogen-bond acceptors (Lipinski definition) is 3. The van der Waals surface area contributed by atoms with E-state index < -0.39 is 0 Å². The minimum atomic E-state index is 0.727. The molecule has 16 heavy (non-hydrogen) atoms. The molecule has 1 N–H and O–H groups in total. The molecule has 3 heteroatoms. The number of nitrogens with zero attached hydrogens (tertiary/aromatic N) is 2. The fourth-order valence-electron chi connectivity index (χ4n) is 3.34. The molecule has 94 valence electrons. The minimum absolute atomic E-state index is 0.727. The highest BCUT2D eigenvalue weighted by atomic mass is 15.3. The van der Waals surface area contributed by atoms with Gasteiger partial charge in [0.05, 0.1) is 0 Å². The Balaban J connectivity index is 1.88. The first-order chi connectivity index (χ1) is 7.72. The summed E-state index contributed by atoms with van der Waals surface area (Å²) in [5.74, 6) is 0. The first-order valence-electron chi connectivity index (χ1n) is 6.86. The lowest BCUT2D eigenvalue weighted by Crippen LogP contribution is -2.57. The van der Waals surface area contributed by atoms with Gasteiger partial charge < -0.3 is 5.32 Å². The summed E-state index contributed by atoms with van der Waals surface area (Å²) in [6.07, 6.45) is 4.10. The van der Waals surface area contributed by atoms with E-state index in [1.54, 1.807) is 0 Å². The van der Waals surface area contributed by atoms with Gasteiger partial charge in [0.2, 0.25) is 0 Å². The van der Waals surface area contributed by atoms with E-state index in [0.29, 0.717) is 0 Å². The van der Waals surface area contributed by atoms with Crippen molar-refractivity contribution in [1.29, 1.82) is 0 Å². The summed E-state index contributed by atoms with van der Waals surface area (Å²) in [4.78, 5) is 5.43. The van der Waals surface area contributed by atoms with E-state index in [4.69, 9.17) is 0 Å². The van der Waals surface area contributed by atoms with Crippen LogP contribution in [0.4, 0.5) is 0 Å². The Labute approximate surface area is 100 Å². The summed E-state index contributed by atoms with van der Waals surface area (Å²) in [5, 5.41) is 3.26. The fraction of sp³-hybridized carbons (Fsp3) is 1.00. The van der Waals surface area contributed by atoms with Gasteiger partial charge >= 0.3 is 0 Å². The first kappa shape index (κ1) is 12.3. The van der Waals surface area contributed by atoms with Gasteiger partial charge in [-0.3, -0.25) is 9.80 Å². The van der Waals surface area contributed by atoms with Gasteiger partial charge in [0.25, 0.3) is 0 Å². The maximum absolute atomic E-state index is 3.26. The zero-order valence-corrected chi connectivity index (χ0v) is 11.1. The van der Waals surface area contributed by atoms with Crippen LogP contribution in [0.1, 0.15) is 33.1 Å². The van der Waals surface area contributed by atoms with E-state index in [2.05, 4.69) is 29.0 Å². The van der Waals surface area contributed by atoms with E-state index in [0.717, 1.165) is 24.7 Å². The van der Waals surface area contributed by atoms with Gasteiger partial charge in [-0.2, -0.15) is 0 Å². The van der Waals surface area contributed by atoms with E-state index in [1.807, 2.05) is 7.05 Å². The quantitative estimate of drug-likeness (QED) is 0.774. The van der Waals surface area contributed by atoms with Crippen LogP contribution >= 0.6 is 0 Å². The second kappa shape index (κ2) is 5.48. The average Bonchev–Trinajstić information content (AvgIpc) is 2.71. The van der Waals surface area contributed by atoms with Crippen LogP contribution in [0.3, 0.4) is 0 Å². The molecule has 2 heterocycles. The Hall–Kier alpha value is -0.120. The molecular formula is C13H27N3. The number of fused-ring (bicyclic) bond motifs is 1. The Kier molecular flexibility index (Phi) is 4.22. The van der Waals surface area contributed by atoms with Crippen molar-refractivity contribution >= 4 is 0 Å². The summed E-state index contributed by atoms with van der Waals surface area (Å²) in [5.41, 5.74) is 0. The van der Waals surface area contributed by atoms with Crippen molar-refractivity contribution in [3.63, 3.8) is 0 Å². The molecule has 2 saturated heterocycles. The van der Waals surface area contributed by atoms with E-state index >= 15 is 0 Å². The molecule has 0 aromatic heterocycles. The van der Waals surface area contributed by atoms with E-state index in [-0.39, 0.29) is 0 Å². The average molecular weight is 225 g/mol. The molecule has 0 spiro atoms. The lowest BCUT2D eigenvalue weighted by molar-refractivity contribution is 0.0309. The van der Waals surface area contributed by atoms with E-state index in [9.17, 15) is 0 Å². The van der Waals surface area contributed by atoms with Crippen molar-refractivity contribution in [3.8, 4) is 0 Å². The molecule has 2 aliphatic heterocycles. The van der Waals surface area contributed by atoms with Gasteiger partial charge in [-0.05, 0) is 53.2 Å². The molecule has 3 nitrogen and oxygen atoms in total. The Morgan fingerprint density at radius 3 is 2.94 bits per heavy atom. The van der Waals surface area contributed by atoms with Crippen LogP contribution in [0.25, 0.3) is 0 Å². The van der Waals surface area contributed by atoms with Crippen LogP contribution in [-0.2, 0) is 0 Å². The predicted molar refractivity (Wildman–Crippen MR) is 68.8 cm³/mol. The maximum atomic E-state index is 3.26. The number of nitrogens with one attached hydrogen (secondary N) is 1. The third-order valence-electron chi connectivity index (χ3n) is 4.36. The summed E-state index contributed by atoms with van der Waals surface area (Å²) in [7, 11) is 2.05. The lowest BCUT2D eigenvalue weighted by Gasteiger charge is -2.45. The summed E-state index contributed by atoms with van der Waals surface area (Å²) >= 11 is 0. The molecule has 3 atom stereocenters. The summed E-state index contributed by atoms with van der Waals surface area (Å²) in [6.45, 7) is 9.84. The molecule has 0 bridgehead atoms. The second-order valence-corrected chi connectivity index (χ2v) is 5.58. The Morgan fingerprint density at radius 2 is 2.19 bits per heavy atom. The summed E-state index contributed by atoms with van der Waals surface area (Å²) < 4.78 is 0. The molecule has 0 radical (unpaired) electrons. The lowest BCUT2D eigenvalue weighted by atomic mass is 10.0. The number of piperazine rings is 1. The highest BCUT2D eigenvalue weighted by Crippen LogP contribution is 2.26. The molecule has 0 saturated carbocycles. The van der Waals surface area contributed by atoms with Gasteiger partial charge in [-0.1, -0.05) is 0 Å². The molecule has 0 aromatic carbocycles. The third kappa shape index (κ3) is 2.58. The maximum Gasteiger partial charge on any atom is 0.0224 e. The van der Waals surface area contributed by atoms with Gasteiger partial charge in [-0.25, -0.2) is 0 Å². The molecule has 2 aliphatic rings. The normalized spacial score (nSPS) is 33.9. The van der Waals surface area contributed by atoms with Crippen LogP contribution in [0.2, 0.25) is 0 Å². The van der Waals surface area contributed by atoms with E-state index in [1.165, 1.54) is 38.9 Å². The zero-order chi connectivity index (χ0) is 11.5. The van der Waals surface area contributed by atoms with Crippen molar-refractivity contribution in [2.45, 2.75) is 51.2 Å². The second-order valence-electron chi connectivity index (χ2n) is 5.58. The highest BCUT2D eigenvalue weighted by Gasteiger charge is 2.35. The van der Waals surface area contributed by atoms with Crippen LogP contribution in [0.5, 0.6) is 0 Å². The van der Waals surface area contributed by atoms with Crippen LogP contribution < -0.4 is 5.32 Å². The number of rotatable bonds is 4. The van der Waals surface area contributed by atoms with Crippen molar-refractivity contribution in [1.82, 2.24) is 15.1 Å². The van der Waals surface area contributed by atoms with Crippen molar-refractivity contribution in [3.05, 3.63) is 0 Å². The van der Waals surface area contributed by atoms with Crippen molar-refractivity contribution in [2.24, 2.45) is 0 Å². The molecule has 2 fully saturated rings. The van der Waals surface area contributed by atoms with Gasteiger partial charge in [0, 0.05) is 31.2 Å². The largest absolute Gasteiger partial charge is 0.320 e. The monoisotopic (exact) mass is 225 g/mol. The van der Waals surface area contributed by atoms with Crippen LogP contribution in [-0.4, -0.2) is 61.2 Å². The number of hydrogen-bond donors (Lipinski definition) is 1. The van der Waals surface area contributed by atoms with Crippen LogP contribution in [0.15, 0.2) is 0 Å². The molecular weight excluding hydrogens is 198 g/mol. The van der Waals surface area contributed by atoms with Gasteiger partial charge in [0.15, 0.2) is 0 Å². The SMILES string of the molecule is CNCCC(C)N1CC2CCCN2CC1C. The van der Waals surface area contributed by atoms with Crippen molar-refractivity contribution in [2.75, 3.05) is 33.2 Å². The smallest absolute Gasteiger partial charge is 0.0224 e. The molecule has 3 unspecified atom stereocenters. The fourth-order valence-corrected chi connectivity index (χ4v) is 3.34. The predicted octanol–water partition coefficient (Wildman–Crippen LogP) is 1.15. The summed E-state index contributed by atoms with van der Waals surface area (Å²) in [6, 6.07) is 2.32. The van der Waals surface area contributed by atoms with Gasteiger partial charge in [0.1, 0.15) is 0 Å².